The molecule has 0 heterocycles. The third kappa shape index (κ3) is 12.8. The van der Waals surface area contributed by atoms with Crippen molar-refractivity contribution in [2.75, 3.05) is 0 Å². The summed E-state index contributed by atoms with van der Waals surface area (Å²) in [5, 5.41) is 0. The van der Waals surface area contributed by atoms with Gasteiger partial charge in [0.1, 0.15) is 4.84 Å². The number of hydrogen-bond donors (Lipinski definition) is 0. The van der Waals surface area contributed by atoms with Gasteiger partial charge >= 0.3 is 12.4 Å². The predicted octanol–water partition coefficient (Wildman–Crippen LogP) is 5.49. The van der Waals surface area contributed by atoms with Crippen LogP contribution in [0.5, 0.6) is 0 Å². The summed E-state index contributed by atoms with van der Waals surface area (Å²) in [6.45, 7) is 0.677. The molecular weight excluding hydrogens is 328 g/mol. The van der Waals surface area contributed by atoms with Crippen LogP contribution in [0.2, 0.25) is 0 Å². The van der Waals surface area contributed by atoms with Gasteiger partial charge in [-0.3, -0.25) is 0 Å². The highest BCUT2D eigenvalue weighted by Gasteiger charge is 2.48. The van der Waals surface area contributed by atoms with E-state index in [1.165, 1.54) is 0 Å². The Bertz CT molecular complexity index is 179. The minimum Gasteiger partial charge on any atom is -0.171 e. The standard InChI is InChI=1S/2C3H3Cl2F3/c1-2(4,5)3(6,7)8;4-2(5)1-3(6,7)8/h1H3;2H,1H2. The molecule has 0 N–H and O–H groups in total. The third-order valence-corrected chi connectivity index (χ3v) is 1.62. The van der Waals surface area contributed by atoms with E-state index in [9.17, 15) is 26.3 Å². The zero-order valence-electron chi connectivity index (χ0n) is 7.56. The van der Waals surface area contributed by atoms with Crippen molar-refractivity contribution >= 4 is 46.4 Å². The van der Waals surface area contributed by atoms with E-state index in [0.717, 1.165) is 0 Å². The number of rotatable bonds is 1. The largest absolute Gasteiger partial charge is 0.421 e. The van der Waals surface area contributed by atoms with Gasteiger partial charge in [0.25, 0.3) is 0 Å². The number of alkyl halides is 10. The van der Waals surface area contributed by atoms with Crippen LogP contribution in [0.1, 0.15) is 13.3 Å². The van der Waals surface area contributed by atoms with Crippen molar-refractivity contribution in [3.63, 3.8) is 0 Å². The van der Waals surface area contributed by atoms with Crippen LogP contribution in [-0.2, 0) is 0 Å². The fraction of sp³-hybridized carbons (Fsp3) is 1.00. The maximum atomic E-state index is 11.3. The zero-order valence-corrected chi connectivity index (χ0v) is 10.6. The average molecular weight is 334 g/mol. The van der Waals surface area contributed by atoms with E-state index in [-0.39, 0.29) is 0 Å². The molecule has 0 radical (unpaired) electrons. The van der Waals surface area contributed by atoms with Gasteiger partial charge < -0.3 is 0 Å². The van der Waals surface area contributed by atoms with Crippen molar-refractivity contribution in [2.24, 2.45) is 0 Å². The fourth-order valence-corrected chi connectivity index (χ4v) is 0.525. The first-order valence-corrected chi connectivity index (χ1v) is 5.09. The fourth-order valence-electron chi connectivity index (χ4n) is 0.175. The highest BCUT2D eigenvalue weighted by atomic mass is 35.5. The SMILES string of the molecule is CC(Cl)(Cl)C(F)(F)F.FC(F)(F)CC(Cl)Cl. The summed E-state index contributed by atoms with van der Waals surface area (Å²) in [4.78, 5) is -1.34. The molecule has 0 spiro atoms. The van der Waals surface area contributed by atoms with Gasteiger partial charge in [0, 0.05) is 0 Å². The Balaban J connectivity index is 0. The van der Waals surface area contributed by atoms with E-state index >= 15 is 0 Å². The molecular formula is C6H6Cl4F6. The van der Waals surface area contributed by atoms with E-state index in [0.29, 0.717) is 6.92 Å². The topological polar surface area (TPSA) is 0 Å². The Labute approximate surface area is 108 Å². The van der Waals surface area contributed by atoms with Gasteiger partial charge in [-0.25, -0.2) is 0 Å². The molecule has 0 aliphatic rings. The molecule has 0 rings (SSSR count). The molecule has 0 aromatic rings. The highest BCUT2D eigenvalue weighted by Crippen LogP contribution is 2.38. The predicted molar refractivity (Wildman–Crippen MR) is 52.3 cm³/mol. The molecule has 16 heavy (non-hydrogen) atoms. The average Bonchev–Trinajstić information content (AvgIpc) is 1.74. The van der Waals surface area contributed by atoms with Gasteiger partial charge in [0.05, 0.1) is 6.42 Å². The van der Waals surface area contributed by atoms with Crippen LogP contribution in [0, 0.1) is 0 Å². The lowest BCUT2D eigenvalue weighted by Gasteiger charge is -2.16. The Morgan fingerprint density at radius 3 is 1.19 bits per heavy atom. The molecule has 0 aliphatic heterocycles. The smallest absolute Gasteiger partial charge is 0.171 e. The van der Waals surface area contributed by atoms with Gasteiger partial charge in [-0.05, 0) is 6.92 Å². The molecule has 0 aromatic carbocycles. The molecule has 0 saturated carbocycles. The van der Waals surface area contributed by atoms with E-state index in [1.54, 1.807) is 0 Å². The third-order valence-electron chi connectivity index (χ3n) is 0.884. The van der Waals surface area contributed by atoms with Crippen LogP contribution in [0.15, 0.2) is 0 Å². The van der Waals surface area contributed by atoms with E-state index in [1.807, 2.05) is 0 Å². The van der Waals surface area contributed by atoms with E-state index in [2.05, 4.69) is 23.2 Å². The summed E-state index contributed by atoms with van der Waals surface area (Å²) in [7, 11) is 0. The molecule has 0 atom stereocenters. The summed E-state index contributed by atoms with van der Waals surface area (Å²) in [5.74, 6) is 0. The molecule has 0 aliphatic carbocycles. The Kier molecular flexibility index (Phi) is 7.89. The van der Waals surface area contributed by atoms with Gasteiger partial charge in [-0.1, -0.05) is 23.2 Å². The van der Waals surface area contributed by atoms with Crippen LogP contribution in [0.4, 0.5) is 26.3 Å². The van der Waals surface area contributed by atoms with Crippen LogP contribution in [0.3, 0.4) is 0 Å². The number of halogens is 10. The molecule has 0 bridgehead atoms. The van der Waals surface area contributed by atoms with Crippen molar-refractivity contribution in [1.82, 2.24) is 0 Å². The minimum atomic E-state index is -4.53. The molecule has 0 saturated heterocycles. The summed E-state index contributed by atoms with van der Waals surface area (Å²) < 4.78 is 64.7. The van der Waals surface area contributed by atoms with Crippen LogP contribution < -0.4 is 0 Å². The zero-order chi connectivity index (χ0) is 13.8. The van der Waals surface area contributed by atoms with Crippen LogP contribution in [-0.4, -0.2) is 21.5 Å². The molecule has 0 aromatic heterocycles. The molecule has 100 valence electrons. The molecule has 0 fully saturated rings. The first-order chi connectivity index (χ1) is 6.67. The Hall–Kier alpha value is 0.740. The minimum absolute atomic E-state index is 0.677. The maximum absolute atomic E-state index is 11.3. The summed E-state index contributed by atoms with van der Waals surface area (Å²) in [5.41, 5.74) is 0. The first-order valence-electron chi connectivity index (χ1n) is 3.46. The van der Waals surface area contributed by atoms with E-state index < -0.39 is 27.9 Å². The van der Waals surface area contributed by atoms with Crippen molar-refractivity contribution in [3.05, 3.63) is 0 Å². The Morgan fingerprint density at radius 1 is 0.938 bits per heavy atom. The first kappa shape index (κ1) is 19.1. The lowest BCUT2D eigenvalue weighted by molar-refractivity contribution is -0.137. The lowest BCUT2D eigenvalue weighted by atomic mass is 10.5. The monoisotopic (exact) mass is 332 g/mol. The summed E-state index contributed by atoms with van der Waals surface area (Å²) in [6.07, 6.45) is -9.92. The highest BCUT2D eigenvalue weighted by molar-refractivity contribution is 6.48. The second-order valence-electron chi connectivity index (χ2n) is 2.60. The normalized spacial score (nSPS) is 13.5. The lowest BCUT2D eigenvalue weighted by Crippen LogP contribution is -2.30. The maximum Gasteiger partial charge on any atom is 0.421 e. The van der Waals surface area contributed by atoms with Crippen molar-refractivity contribution in [1.29, 1.82) is 0 Å². The second-order valence-corrected chi connectivity index (χ2v) is 5.58. The van der Waals surface area contributed by atoms with E-state index in [4.69, 9.17) is 23.2 Å². The van der Waals surface area contributed by atoms with Crippen LogP contribution in [0.25, 0.3) is 0 Å². The summed E-state index contributed by atoms with van der Waals surface area (Å²) in [6, 6.07) is 0. The summed E-state index contributed by atoms with van der Waals surface area (Å²) >= 11 is 18.9. The quantitative estimate of drug-likeness (QED) is 0.440. The van der Waals surface area contributed by atoms with Gasteiger partial charge in [0.2, 0.25) is 4.33 Å². The van der Waals surface area contributed by atoms with Gasteiger partial charge in [-0.2, -0.15) is 26.3 Å². The number of hydrogen-bond acceptors (Lipinski definition) is 0. The molecule has 0 unspecified atom stereocenters. The van der Waals surface area contributed by atoms with Crippen molar-refractivity contribution in [3.8, 4) is 0 Å². The Morgan fingerprint density at radius 2 is 1.19 bits per heavy atom. The van der Waals surface area contributed by atoms with Crippen molar-refractivity contribution in [2.45, 2.75) is 34.9 Å². The van der Waals surface area contributed by atoms with Crippen molar-refractivity contribution < 1.29 is 26.3 Å². The molecule has 10 heteroatoms. The van der Waals surface area contributed by atoms with Crippen LogP contribution >= 0.6 is 46.4 Å². The van der Waals surface area contributed by atoms with Gasteiger partial charge in [-0.15, -0.1) is 23.2 Å². The van der Waals surface area contributed by atoms with Gasteiger partial charge in [0.15, 0.2) is 0 Å². The molecule has 0 amide bonds. The second kappa shape index (κ2) is 6.61. The molecule has 0 nitrogen and oxygen atoms in total.